The van der Waals surface area contributed by atoms with Crippen LogP contribution in [0, 0.1) is 0 Å². The van der Waals surface area contributed by atoms with Gasteiger partial charge in [0.1, 0.15) is 17.6 Å². The highest BCUT2D eigenvalue weighted by molar-refractivity contribution is 5.60. The lowest BCUT2D eigenvalue weighted by atomic mass is 10.0. The SMILES string of the molecule is CCCCc1ccc(CC2CNc3ccc(O)cc3O2)cc1. The van der Waals surface area contributed by atoms with Gasteiger partial charge in [0.05, 0.1) is 12.2 Å². The molecule has 0 bridgehead atoms. The molecule has 0 spiro atoms. The molecule has 1 heterocycles. The van der Waals surface area contributed by atoms with E-state index in [-0.39, 0.29) is 11.9 Å². The van der Waals surface area contributed by atoms with Gasteiger partial charge in [-0.1, -0.05) is 37.6 Å². The maximum atomic E-state index is 9.56. The van der Waals surface area contributed by atoms with E-state index in [2.05, 4.69) is 36.5 Å². The number of aryl methyl sites for hydroxylation is 1. The maximum Gasteiger partial charge on any atom is 0.146 e. The lowest BCUT2D eigenvalue weighted by Gasteiger charge is -2.27. The topological polar surface area (TPSA) is 41.5 Å². The van der Waals surface area contributed by atoms with E-state index in [0.29, 0.717) is 0 Å². The van der Waals surface area contributed by atoms with Gasteiger partial charge in [0.15, 0.2) is 0 Å². The summed E-state index contributed by atoms with van der Waals surface area (Å²) in [5.41, 5.74) is 3.64. The van der Waals surface area contributed by atoms with Gasteiger partial charge >= 0.3 is 0 Å². The third-order valence-electron chi connectivity index (χ3n) is 4.08. The van der Waals surface area contributed by atoms with Crippen LogP contribution in [0.1, 0.15) is 30.9 Å². The fourth-order valence-corrected chi connectivity index (χ4v) is 2.80. The first kappa shape index (κ1) is 14.8. The maximum absolute atomic E-state index is 9.56. The fourth-order valence-electron chi connectivity index (χ4n) is 2.80. The normalized spacial score (nSPS) is 16.5. The van der Waals surface area contributed by atoms with Gasteiger partial charge in [-0.3, -0.25) is 0 Å². The van der Waals surface area contributed by atoms with Crippen molar-refractivity contribution in [3.05, 3.63) is 53.6 Å². The predicted molar refractivity (Wildman–Crippen MR) is 89.8 cm³/mol. The van der Waals surface area contributed by atoms with Gasteiger partial charge in [-0.05, 0) is 36.1 Å². The van der Waals surface area contributed by atoms with Crippen LogP contribution in [0.4, 0.5) is 5.69 Å². The number of fused-ring (bicyclic) bond motifs is 1. The predicted octanol–water partition coefficient (Wildman–Crippen LogP) is 4.15. The highest BCUT2D eigenvalue weighted by Gasteiger charge is 2.19. The summed E-state index contributed by atoms with van der Waals surface area (Å²) < 4.78 is 5.99. The van der Waals surface area contributed by atoms with E-state index in [4.69, 9.17) is 4.74 Å². The lowest BCUT2D eigenvalue weighted by molar-refractivity contribution is 0.205. The van der Waals surface area contributed by atoms with Crippen LogP contribution in [0.5, 0.6) is 11.5 Å². The van der Waals surface area contributed by atoms with E-state index >= 15 is 0 Å². The molecule has 0 radical (unpaired) electrons. The van der Waals surface area contributed by atoms with E-state index in [1.807, 2.05) is 6.07 Å². The van der Waals surface area contributed by atoms with E-state index in [9.17, 15) is 5.11 Å². The van der Waals surface area contributed by atoms with Crippen LogP contribution >= 0.6 is 0 Å². The second-order valence-electron chi connectivity index (χ2n) is 5.93. The van der Waals surface area contributed by atoms with Crippen molar-refractivity contribution >= 4 is 5.69 Å². The summed E-state index contributed by atoms with van der Waals surface area (Å²) in [6.07, 6.45) is 4.60. The summed E-state index contributed by atoms with van der Waals surface area (Å²) in [6.45, 7) is 3.01. The Balaban J connectivity index is 1.62. The molecule has 0 saturated heterocycles. The Bertz CT molecular complexity index is 622. The quantitative estimate of drug-likeness (QED) is 0.815. The molecule has 3 rings (SSSR count). The molecule has 0 aliphatic carbocycles. The van der Waals surface area contributed by atoms with Gasteiger partial charge in [0.25, 0.3) is 0 Å². The molecular weight excluding hydrogens is 274 g/mol. The van der Waals surface area contributed by atoms with Crippen molar-refractivity contribution in [2.45, 2.75) is 38.7 Å². The first-order valence-electron chi connectivity index (χ1n) is 8.06. The Kier molecular flexibility index (Phi) is 4.52. The van der Waals surface area contributed by atoms with Gasteiger partial charge in [-0.2, -0.15) is 0 Å². The van der Waals surface area contributed by atoms with Crippen LogP contribution in [0.25, 0.3) is 0 Å². The number of nitrogens with one attached hydrogen (secondary N) is 1. The van der Waals surface area contributed by atoms with Crippen molar-refractivity contribution in [1.29, 1.82) is 0 Å². The second kappa shape index (κ2) is 6.73. The third kappa shape index (κ3) is 3.53. The summed E-state index contributed by atoms with van der Waals surface area (Å²) in [5.74, 6) is 0.970. The van der Waals surface area contributed by atoms with Gasteiger partial charge in [0.2, 0.25) is 0 Å². The molecule has 0 amide bonds. The van der Waals surface area contributed by atoms with Crippen molar-refractivity contribution < 1.29 is 9.84 Å². The first-order valence-corrected chi connectivity index (χ1v) is 8.06. The van der Waals surface area contributed by atoms with E-state index in [1.54, 1.807) is 12.1 Å². The Morgan fingerprint density at radius 3 is 2.68 bits per heavy atom. The van der Waals surface area contributed by atoms with Gasteiger partial charge in [0, 0.05) is 12.5 Å². The van der Waals surface area contributed by atoms with Crippen LogP contribution in [-0.4, -0.2) is 17.8 Å². The molecule has 2 N–H and O–H groups in total. The minimum Gasteiger partial charge on any atom is -0.508 e. The van der Waals surface area contributed by atoms with Crippen LogP contribution in [0.2, 0.25) is 0 Å². The number of phenolic OH excluding ortho intramolecular Hbond substituents is 1. The largest absolute Gasteiger partial charge is 0.508 e. The Morgan fingerprint density at radius 1 is 1.14 bits per heavy atom. The molecule has 2 aromatic carbocycles. The molecule has 0 saturated carbocycles. The molecule has 1 unspecified atom stereocenters. The molecule has 116 valence electrons. The van der Waals surface area contributed by atoms with Crippen LogP contribution < -0.4 is 10.1 Å². The number of aromatic hydroxyl groups is 1. The molecule has 2 aromatic rings. The summed E-state index contributed by atoms with van der Waals surface area (Å²) >= 11 is 0. The van der Waals surface area contributed by atoms with Crippen molar-refractivity contribution in [2.24, 2.45) is 0 Å². The van der Waals surface area contributed by atoms with Crippen molar-refractivity contribution in [2.75, 3.05) is 11.9 Å². The van der Waals surface area contributed by atoms with Crippen LogP contribution in [-0.2, 0) is 12.8 Å². The second-order valence-corrected chi connectivity index (χ2v) is 5.93. The number of ether oxygens (including phenoxy) is 1. The lowest BCUT2D eigenvalue weighted by Crippen LogP contribution is -2.32. The number of hydrogen-bond acceptors (Lipinski definition) is 3. The summed E-state index contributed by atoms with van der Waals surface area (Å²) in [4.78, 5) is 0. The summed E-state index contributed by atoms with van der Waals surface area (Å²) in [6, 6.07) is 14.0. The zero-order valence-electron chi connectivity index (χ0n) is 13.0. The summed E-state index contributed by atoms with van der Waals surface area (Å²) in [7, 11) is 0. The van der Waals surface area contributed by atoms with Crippen LogP contribution in [0.15, 0.2) is 42.5 Å². The number of benzene rings is 2. The van der Waals surface area contributed by atoms with E-state index in [1.165, 1.54) is 24.0 Å². The minimum atomic E-state index is 0.0933. The number of rotatable bonds is 5. The average molecular weight is 297 g/mol. The molecule has 0 fully saturated rings. The number of unbranched alkanes of at least 4 members (excludes halogenated alkanes) is 1. The number of phenols is 1. The molecule has 1 aliphatic rings. The number of hydrogen-bond donors (Lipinski definition) is 2. The van der Waals surface area contributed by atoms with Crippen molar-refractivity contribution in [3.8, 4) is 11.5 Å². The highest BCUT2D eigenvalue weighted by atomic mass is 16.5. The molecule has 22 heavy (non-hydrogen) atoms. The highest BCUT2D eigenvalue weighted by Crippen LogP contribution is 2.32. The van der Waals surface area contributed by atoms with E-state index in [0.717, 1.165) is 30.8 Å². The van der Waals surface area contributed by atoms with Gasteiger partial charge < -0.3 is 15.2 Å². The zero-order valence-corrected chi connectivity index (χ0v) is 13.0. The molecule has 1 atom stereocenters. The fraction of sp³-hybridized carbons (Fsp3) is 0.368. The molecule has 1 aliphatic heterocycles. The smallest absolute Gasteiger partial charge is 0.146 e. The van der Waals surface area contributed by atoms with E-state index < -0.39 is 0 Å². The monoisotopic (exact) mass is 297 g/mol. The minimum absolute atomic E-state index is 0.0933. The summed E-state index contributed by atoms with van der Waals surface area (Å²) in [5, 5.41) is 12.9. The van der Waals surface area contributed by atoms with Crippen LogP contribution in [0.3, 0.4) is 0 Å². The molecule has 3 heteroatoms. The Morgan fingerprint density at radius 2 is 1.91 bits per heavy atom. The first-order chi connectivity index (χ1) is 10.7. The van der Waals surface area contributed by atoms with Gasteiger partial charge in [-0.15, -0.1) is 0 Å². The average Bonchev–Trinajstić information content (AvgIpc) is 2.54. The van der Waals surface area contributed by atoms with Crippen molar-refractivity contribution in [1.82, 2.24) is 0 Å². The Labute approximate surface area is 131 Å². The third-order valence-corrected chi connectivity index (χ3v) is 4.08. The molecule has 0 aromatic heterocycles. The number of anilines is 1. The molecule has 3 nitrogen and oxygen atoms in total. The van der Waals surface area contributed by atoms with Crippen molar-refractivity contribution in [3.63, 3.8) is 0 Å². The zero-order chi connectivity index (χ0) is 15.4. The van der Waals surface area contributed by atoms with Gasteiger partial charge in [-0.25, -0.2) is 0 Å². The Hall–Kier alpha value is -2.16. The standard InChI is InChI=1S/C19H23NO2/c1-2-3-4-14-5-7-15(8-6-14)11-17-13-20-18-10-9-16(21)12-19(18)22-17/h5-10,12,17,20-21H,2-4,11,13H2,1H3. The molecular formula is C19H23NO2.